The number of benzene rings is 1. The van der Waals surface area contributed by atoms with Gasteiger partial charge < -0.3 is 10.6 Å². The number of hydrogen-bond donors (Lipinski definition) is 2. The molecule has 1 saturated heterocycles. The Morgan fingerprint density at radius 3 is 2.61 bits per heavy atom. The Labute approximate surface area is 142 Å². The highest BCUT2D eigenvalue weighted by Crippen LogP contribution is 2.38. The molecule has 1 amide bonds. The minimum atomic E-state index is -3.42. The van der Waals surface area contributed by atoms with E-state index in [0.29, 0.717) is 36.2 Å². The van der Waals surface area contributed by atoms with Crippen molar-refractivity contribution >= 4 is 34.0 Å². The van der Waals surface area contributed by atoms with E-state index in [-0.39, 0.29) is 24.4 Å². The summed E-state index contributed by atoms with van der Waals surface area (Å²) in [5.41, 5.74) is 6.82. The molecule has 0 bridgehead atoms. The number of sulfonamides is 1. The normalized spacial score (nSPS) is 26.5. The highest BCUT2D eigenvalue weighted by atomic mass is 35.5. The molecule has 0 radical (unpaired) electrons. The third kappa shape index (κ3) is 3.79. The fraction of sp³-hybridized carbons (Fsp3) is 0.533. The number of para-hydroxylation sites is 1. The van der Waals surface area contributed by atoms with Crippen molar-refractivity contribution in [1.82, 2.24) is 4.90 Å². The van der Waals surface area contributed by atoms with Crippen LogP contribution in [-0.4, -0.2) is 44.6 Å². The summed E-state index contributed by atoms with van der Waals surface area (Å²) < 4.78 is 25.3. The Bertz CT molecular complexity index is 695. The summed E-state index contributed by atoms with van der Waals surface area (Å²) in [7, 11) is -3.42. The van der Waals surface area contributed by atoms with Gasteiger partial charge in [-0.1, -0.05) is 12.1 Å². The van der Waals surface area contributed by atoms with E-state index >= 15 is 0 Å². The highest BCUT2D eigenvalue weighted by molar-refractivity contribution is 7.92. The SMILES string of the molecule is CS(=O)(=O)Nc1ccccc1C(=O)N1CC2CCC(N)C2C1.Cl. The van der Waals surface area contributed by atoms with Crippen LogP contribution in [0.1, 0.15) is 23.2 Å². The van der Waals surface area contributed by atoms with Gasteiger partial charge in [-0.2, -0.15) is 0 Å². The Morgan fingerprint density at radius 1 is 1.26 bits per heavy atom. The number of anilines is 1. The first kappa shape index (κ1) is 18.0. The van der Waals surface area contributed by atoms with Crippen LogP contribution in [0.25, 0.3) is 0 Å². The van der Waals surface area contributed by atoms with Crippen LogP contribution < -0.4 is 10.5 Å². The van der Waals surface area contributed by atoms with Gasteiger partial charge in [-0.25, -0.2) is 8.42 Å². The summed E-state index contributed by atoms with van der Waals surface area (Å²) >= 11 is 0. The number of carbonyl (C=O) groups excluding carboxylic acids is 1. The lowest BCUT2D eigenvalue weighted by molar-refractivity contribution is 0.0780. The molecule has 8 heteroatoms. The van der Waals surface area contributed by atoms with Gasteiger partial charge in [-0.3, -0.25) is 9.52 Å². The van der Waals surface area contributed by atoms with E-state index in [4.69, 9.17) is 5.73 Å². The van der Waals surface area contributed by atoms with Crippen LogP contribution in [0, 0.1) is 11.8 Å². The molecule has 2 fully saturated rings. The van der Waals surface area contributed by atoms with Crippen LogP contribution in [-0.2, 0) is 10.0 Å². The molecule has 128 valence electrons. The van der Waals surface area contributed by atoms with E-state index in [1.165, 1.54) is 0 Å². The van der Waals surface area contributed by atoms with Gasteiger partial charge in [0.25, 0.3) is 5.91 Å². The van der Waals surface area contributed by atoms with Crippen molar-refractivity contribution in [2.45, 2.75) is 18.9 Å². The highest BCUT2D eigenvalue weighted by Gasteiger charge is 2.42. The second-order valence-corrected chi connectivity index (χ2v) is 8.04. The maximum atomic E-state index is 12.7. The van der Waals surface area contributed by atoms with Crippen molar-refractivity contribution in [2.24, 2.45) is 17.6 Å². The van der Waals surface area contributed by atoms with Crippen LogP contribution in [0.2, 0.25) is 0 Å². The van der Waals surface area contributed by atoms with Crippen molar-refractivity contribution in [3.05, 3.63) is 29.8 Å². The fourth-order valence-electron chi connectivity index (χ4n) is 3.60. The zero-order valence-electron chi connectivity index (χ0n) is 12.9. The second kappa shape index (κ2) is 6.67. The van der Waals surface area contributed by atoms with Gasteiger partial charge in [0.05, 0.1) is 17.5 Å². The number of nitrogens with zero attached hydrogens (tertiary/aromatic N) is 1. The standard InChI is InChI=1S/C15H21N3O3S.ClH/c1-22(20,21)17-14-5-3-2-4-11(14)15(19)18-8-10-6-7-13(16)12(10)9-18;/h2-5,10,12-13,17H,6-9,16H2,1H3;1H. The second-order valence-electron chi connectivity index (χ2n) is 6.30. The molecule has 23 heavy (non-hydrogen) atoms. The quantitative estimate of drug-likeness (QED) is 0.850. The molecule has 1 aromatic carbocycles. The van der Waals surface area contributed by atoms with Crippen molar-refractivity contribution in [2.75, 3.05) is 24.1 Å². The number of nitrogens with one attached hydrogen (secondary N) is 1. The molecule has 3 unspecified atom stereocenters. The topological polar surface area (TPSA) is 92.5 Å². The number of likely N-dealkylation sites (tertiary alicyclic amines) is 1. The number of fused-ring (bicyclic) bond motifs is 1. The summed E-state index contributed by atoms with van der Waals surface area (Å²) in [4.78, 5) is 14.5. The summed E-state index contributed by atoms with van der Waals surface area (Å²) in [6.07, 6.45) is 3.18. The molecule has 3 rings (SSSR count). The smallest absolute Gasteiger partial charge is 0.256 e. The van der Waals surface area contributed by atoms with Crippen molar-refractivity contribution in [3.63, 3.8) is 0 Å². The molecule has 6 nitrogen and oxygen atoms in total. The lowest BCUT2D eigenvalue weighted by atomic mass is 9.98. The average molecular weight is 360 g/mol. The number of halogens is 1. The minimum absolute atomic E-state index is 0. The van der Waals surface area contributed by atoms with E-state index in [1.54, 1.807) is 29.2 Å². The predicted octanol–water partition coefficient (Wildman–Crippen LogP) is 1.29. The number of hydrogen-bond acceptors (Lipinski definition) is 4. The molecular weight excluding hydrogens is 338 g/mol. The molecular formula is C15H22ClN3O3S. The van der Waals surface area contributed by atoms with Crippen molar-refractivity contribution < 1.29 is 13.2 Å². The molecule has 2 aliphatic rings. The predicted molar refractivity (Wildman–Crippen MR) is 92.2 cm³/mol. The van der Waals surface area contributed by atoms with E-state index in [1.807, 2.05) is 0 Å². The van der Waals surface area contributed by atoms with Crippen molar-refractivity contribution in [1.29, 1.82) is 0 Å². The van der Waals surface area contributed by atoms with Gasteiger partial charge in [0.2, 0.25) is 10.0 Å². The zero-order valence-corrected chi connectivity index (χ0v) is 14.6. The van der Waals surface area contributed by atoms with Gasteiger partial charge in [0.1, 0.15) is 0 Å². The molecule has 3 N–H and O–H groups in total. The van der Waals surface area contributed by atoms with Crippen LogP contribution in [0.5, 0.6) is 0 Å². The summed E-state index contributed by atoms with van der Waals surface area (Å²) in [5.74, 6) is 0.723. The number of carbonyl (C=O) groups is 1. The maximum Gasteiger partial charge on any atom is 0.256 e. The van der Waals surface area contributed by atoms with E-state index in [9.17, 15) is 13.2 Å². The van der Waals surface area contributed by atoms with Gasteiger partial charge in [0, 0.05) is 19.1 Å². The van der Waals surface area contributed by atoms with Crippen LogP contribution >= 0.6 is 12.4 Å². The number of nitrogens with two attached hydrogens (primary N) is 1. The molecule has 1 aliphatic carbocycles. The Balaban J connectivity index is 0.00000192. The molecule has 1 aliphatic heterocycles. The van der Waals surface area contributed by atoms with E-state index in [0.717, 1.165) is 19.1 Å². The fourth-order valence-corrected chi connectivity index (χ4v) is 4.18. The molecule has 1 saturated carbocycles. The first-order valence-corrected chi connectivity index (χ1v) is 9.36. The van der Waals surface area contributed by atoms with E-state index < -0.39 is 10.0 Å². The molecule has 3 atom stereocenters. The molecule has 0 aromatic heterocycles. The Kier molecular flexibility index (Phi) is 5.23. The lowest BCUT2D eigenvalue weighted by Gasteiger charge is -2.20. The summed E-state index contributed by atoms with van der Waals surface area (Å²) in [5, 5.41) is 0. The third-order valence-electron chi connectivity index (χ3n) is 4.65. The van der Waals surface area contributed by atoms with E-state index in [2.05, 4.69) is 4.72 Å². The number of amides is 1. The maximum absolute atomic E-state index is 12.7. The monoisotopic (exact) mass is 359 g/mol. The Morgan fingerprint density at radius 2 is 1.96 bits per heavy atom. The minimum Gasteiger partial charge on any atom is -0.338 e. The first-order valence-electron chi connectivity index (χ1n) is 7.47. The summed E-state index contributed by atoms with van der Waals surface area (Å²) in [6, 6.07) is 6.88. The lowest BCUT2D eigenvalue weighted by Crippen LogP contribution is -2.34. The van der Waals surface area contributed by atoms with Crippen LogP contribution in [0.15, 0.2) is 24.3 Å². The molecule has 1 heterocycles. The van der Waals surface area contributed by atoms with Gasteiger partial charge in [-0.05, 0) is 36.8 Å². The molecule has 1 aromatic rings. The number of rotatable bonds is 3. The largest absolute Gasteiger partial charge is 0.338 e. The van der Waals surface area contributed by atoms with Crippen LogP contribution in [0.3, 0.4) is 0 Å². The third-order valence-corrected chi connectivity index (χ3v) is 5.24. The van der Waals surface area contributed by atoms with Gasteiger partial charge in [0.15, 0.2) is 0 Å². The van der Waals surface area contributed by atoms with Gasteiger partial charge >= 0.3 is 0 Å². The first-order chi connectivity index (χ1) is 10.3. The summed E-state index contributed by atoms with van der Waals surface area (Å²) in [6.45, 7) is 1.38. The molecule has 0 spiro atoms. The van der Waals surface area contributed by atoms with Crippen molar-refractivity contribution in [3.8, 4) is 0 Å². The van der Waals surface area contributed by atoms with Crippen LogP contribution in [0.4, 0.5) is 5.69 Å². The average Bonchev–Trinajstić information content (AvgIpc) is 3.00. The Hall–Kier alpha value is -1.31. The van der Waals surface area contributed by atoms with Gasteiger partial charge in [-0.15, -0.1) is 12.4 Å². The zero-order chi connectivity index (χ0) is 15.9.